The molecule has 1 heterocycles. The van der Waals surface area contributed by atoms with Gasteiger partial charge in [0.25, 0.3) is 0 Å². The zero-order valence-electron chi connectivity index (χ0n) is 21.9. The van der Waals surface area contributed by atoms with Gasteiger partial charge in [-0.05, 0) is 59.9 Å². The van der Waals surface area contributed by atoms with Crippen LogP contribution < -0.4 is 24.7 Å². The Bertz CT molecular complexity index is 1450. The highest BCUT2D eigenvalue weighted by Crippen LogP contribution is 2.45. The lowest BCUT2D eigenvalue weighted by Gasteiger charge is -2.27. The number of rotatable bonds is 9. The van der Waals surface area contributed by atoms with Crippen molar-refractivity contribution in [3.63, 3.8) is 0 Å². The van der Waals surface area contributed by atoms with Crippen molar-refractivity contribution in [3.8, 4) is 29.1 Å². The predicted molar refractivity (Wildman–Crippen MR) is 150 cm³/mol. The maximum Gasteiger partial charge on any atom is 0.336 e. The van der Waals surface area contributed by atoms with Crippen LogP contribution in [0.25, 0.3) is 6.08 Å². The summed E-state index contributed by atoms with van der Waals surface area (Å²) in [6.07, 6.45) is 3.87. The largest absolute Gasteiger partial charge is 0.493 e. The minimum Gasteiger partial charge on any atom is -0.493 e. The molecule has 0 aliphatic carbocycles. The summed E-state index contributed by atoms with van der Waals surface area (Å²) in [4.78, 5) is 12.4. The molecule has 3 aromatic carbocycles. The van der Waals surface area contributed by atoms with Gasteiger partial charge in [-0.1, -0.05) is 49.7 Å². The van der Waals surface area contributed by atoms with Crippen LogP contribution in [0.1, 0.15) is 42.9 Å². The van der Waals surface area contributed by atoms with Gasteiger partial charge in [0.05, 0.1) is 19.6 Å². The van der Waals surface area contributed by atoms with E-state index in [2.05, 4.69) is 19.9 Å². The summed E-state index contributed by atoms with van der Waals surface area (Å²) in [5.74, 6) is 1.28. The van der Waals surface area contributed by atoms with Crippen molar-refractivity contribution in [2.75, 3.05) is 13.7 Å². The molecular weight excluding hydrogens is 516 g/mol. The van der Waals surface area contributed by atoms with Crippen LogP contribution in [0, 0.1) is 17.2 Å². The topological polar surface area (TPSA) is 104 Å². The van der Waals surface area contributed by atoms with Gasteiger partial charge in [-0.3, -0.25) is 0 Å². The van der Waals surface area contributed by atoms with Crippen LogP contribution in [0.5, 0.6) is 23.0 Å². The molecule has 200 valence electrons. The molecule has 1 unspecified atom stereocenters. The Hall–Kier alpha value is -4.41. The van der Waals surface area contributed by atoms with E-state index >= 15 is 0 Å². The number of benzene rings is 3. The standard InChI is InChI=1S/C31H29ClN2O5/c1-19(2)14-15-37-26-12-7-21(16-28(26)36-3)30-24-11-10-23(17-27(24)39-31(34)25(30)18-33)38-29(35)13-6-20-4-8-22(32)9-5-20/h4-13,16-17,19,30H,14-15,34H2,1-3H3/b13-6+. The normalized spacial score (nSPS) is 14.5. The van der Waals surface area contributed by atoms with Gasteiger partial charge in [0, 0.05) is 22.7 Å². The van der Waals surface area contributed by atoms with Crippen LogP contribution in [0.4, 0.5) is 0 Å². The number of esters is 1. The highest BCUT2D eigenvalue weighted by molar-refractivity contribution is 6.30. The summed E-state index contributed by atoms with van der Waals surface area (Å²) in [6, 6.07) is 19.8. The van der Waals surface area contributed by atoms with Crippen LogP contribution in [0.2, 0.25) is 5.02 Å². The van der Waals surface area contributed by atoms with Crippen molar-refractivity contribution in [3.05, 3.63) is 99.9 Å². The van der Waals surface area contributed by atoms with E-state index in [1.54, 1.807) is 55.7 Å². The second-order valence-electron chi connectivity index (χ2n) is 9.37. The Morgan fingerprint density at radius 1 is 1.13 bits per heavy atom. The highest BCUT2D eigenvalue weighted by atomic mass is 35.5. The fraction of sp³-hybridized carbons (Fsp3) is 0.226. The lowest BCUT2D eigenvalue weighted by molar-refractivity contribution is -0.128. The molecular formula is C31H29ClN2O5. The summed E-state index contributed by atoms with van der Waals surface area (Å²) in [6.45, 7) is 4.84. The first-order chi connectivity index (χ1) is 18.8. The van der Waals surface area contributed by atoms with Crippen molar-refractivity contribution >= 4 is 23.6 Å². The first-order valence-electron chi connectivity index (χ1n) is 12.5. The van der Waals surface area contributed by atoms with E-state index in [4.69, 9.17) is 36.3 Å². The molecule has 4 rings (SSSR count). The van der Waals surface area contributed by atoms with E-state index < -0.39 is 11.9 Å². The van der Waals surface area contributed by atoms with Crippen molar-refractivity contribution in [2.45, 2.75) is 26.2 Å². The summed E-state index contributed by atoms with van der Waals surface area (Å²) in [7, 11) is 1.57. The molecule has 1 atom stereocenters. The number of hydrogen-bond acceptors (Lipinski definition) is 7. The van der Waals surface area contributed by atoms with Gasteiger partial charge >= 0.3 is 5.97 Å². The zero-order valence-corrected chi connectivity index (χ0v) is 22.7. The highest BCUT2D eigenvalue weighted by Gasteiger charge is 2.31. The molecule has 0 saturated heterocycles. The third-order valence-corrected chi connectivity index (χ3v) is 6.42. The van der Waals surface area contributed by atoms with Gasteiger partial charge < -0.3 is 24.7 Å². The molecule has 0 bridgehead atoms. The van der Waals surface area contributed by atoms with Crippen LogP contribution in [-0.2, 0) is 4.79 Å². The summed E-state index contributed by atoms with van der Waals surface area (Å²) in [5, 5.41) is 10.5. The molecule has 3 aromatic rings. The number of methoxy groups -OCH3 is 1. The van der Waals surface area contributed by atoms with Gasteiger partial charge in [-0.25, -0.2) is 4.79 Å². The Balaban J connectivity index is 1.58. The van der Waals surface area contributed by atoms with Crippen LogP contribution in [0.3, 0.4) is 0 Å². The van der Waals surface area contributed by atoms with E-state index in [0.717, 1.165) is 17.5 Å². The zero-order chi connectivity index (χ0) is 27.9. The summed E-state index contributed by atoms with van der Waals surface area (Å²) < 4.78 is 22.7. The number of nitriles is 1. The minimum atomic E-state index is -0.559. The maximum absolute atomic E-state index is 12.4. The molecule has 1 aliphatic rings. The Morgan fingerprint density at radius 2 is 1.90 bits per heavy atom. The van der Waals surface area contributed by atoms with E-state index in [-0.39, 0.29) is 17.2 Å². The smallest absolute Gasteiger partial charge is 0.336 e. The van der Waals surface area contributed by atoms with E-state index in [9.17, 15) is 10.1 Å². The predicted octanol–water partition coefficient (Wildman–Crippen LogP) is 6.61. The molecule has 0 saturated carbocycles. The monoisotopic (exact) mass is 544 g/mol. The minimum absolute atomic E-state index is 0.0164. The average molecular weight is 545 g/mol. The van der Waals surface area contributed by atoms with Crippen molar-refractivity contribution in [2.24, 2.45) is 11.7 Å². The first kappa shape index (κ1) is 27.6. The molecule has 0 fully saturated rings. The fourth-order valence-electron chi connectivity index (χ4n) is 4.12. The SMILES string of the molecule is COc1cc(C2C(C#N)=C(N)Oc3cc(OC(=O)/C=C/c4ccc(Cl)cc4)ccc32)ccc1OCCC(C)C. The lowest BCUT2D eigenvalue weighted by atomic mass is 9.83. The first-order valence-corrected chi connectivity index (χ1v) is 12.8. The number of allylic oxidation sites excluding steroid dienone is 1. The van der Waals surface area contributed by atoms with Crippen molar-refractivity contribution in [1.82, 2.24) is 0 Å². The molecule has 2 N–H and O–H groups in total. The van der Waals surface area contributed by atoms with Gasteiger partial charge in [0.15, 0.2) is 11.5 Å². The number of fused-ring (bicyclic) bond motifs is 1. The summed E-state index contributed by atoms with van der Waals surface area (Å²) in [5.41, 5.74) is 8.71. The average Bonchev–Trinajstić information content (AvgIpc) is 2.92. The third kappa shape index (κ3) is 6.73. The van der Waals surface area contributed by atoms with Gasteiger partial charge in [0.1, 0.15) is 23.1 Å². The van der Waals surface area contributed by atoms with Crippen LogP contribution >= 0.6 is 11.6 Å². The molecule has 0 aromatic heterocycles. The lowest BCUT2D eigenvalue weighted by Crippen LogP contribution is -2.21. The second-order valence-corrected chi connectivity index (χ2v) is 9.81. The molecule has 1 aliphatic heterocycles. The van der Waals surface area contributed by atoms with Crippen LogP contribution in [-0.4, -0.2) is 19.7 Å². The summed E-state index contributed by atoms with van der Waals surface area (Å²) >= 11 is 5.90. The van der Waals surface area contributed by atoms with Gasteiger partial charge in [-0.15, -0.1) is 0 Å². The maximum atomic E-state index is 12.4. The number of ether oxygens (including phenoxy) is 4. The molecule has 8 heteroatoms. The molecule has 7 nitrogen and oxygen atoms in total. The number of carbonyl (C=O) groups is 1. The Kier molecular flexibility index (Phi) is 8.80. The quantitative estimate of drug-likeness (QED) is 0.183. The van der Waals surface area contributed by atoms with Crippen LogP contribution in [0.15, 0.2) is 78.2 Å². The van der Waals surface area contributed by atoms with Gasteiger partial charge in [-0.2, -0.15) is 5.26 Å². The second kappa shape index (κ2) is 12.4. The fourth-order valence-corrected chi connectivity index (χ4v) is 4.24. The number of carbonyl (C=O) groups excluding carboxylic acids is 1. The van der Waals surface area contributed by atoms with Gasteiger partial charge in [0.2, 0.25) is 5.88 Å². The van der Waals surface area contributed by atoms with E-state index in [1.807, 2.05) is 18.2 Å². The molecule has 0 spiro atoms. The Morgan fingerprint density at radius 3 is 2.59 bits per heavy atom. The van der Waals surface area contributed by atoms with Crippen molar-refractivity contribution < 1.29 is 23.7 Å². The van der Waals surface area contributed by atoms with Crippen molar-refractivity contribution in [1.29, 1.82) is 5.26 Å². The van der Waals surface area contributed by atoms with E-state index in [1.165, 1.54) is 6.08 Å². The third-order valence-electron chi connectivity index (χ3n) is 6.16. The number of nitrogens with two attached hydrogens (primary N) is 1. The van der Waals surface area contributed by atoms with E-state index in [0.29, 0.717) is 40.4 Å². The molecule has 0 amide bonds. The number of hydrogen-bond donors (Lipinski definition) is 1. The number of halogens is 1. The molecule has 39 heavy (non-hydrogen) atoms. The Labute approximate surface area is 233 Å². The molecule has 0 radical (unpaired) electrons. The number of nitrogens with zero attached hydrogens (tertiary/aromatic N) is 1.